The van der Waals surface area contributed by atoms with Crippen molar-refractivity contribution in [2.24, 2.45) is 0 Å². The van der Waals surface area contributed by atoms with Crippen molar-refractivity contribution in [2.75, 3.05) is 0 Å². The van der Waals surface area contributed by atoms with Crippen LogP contribution in [0.5, 0.6) is 0 Å². The molecule has 0 amide bonds. The predicted octanol–water partition coefficient (Wildman–Crippen LogP) is 4.49. The Kier molecular flexibility index (Phi) is 3.46. The van der Waals surface area contributed by atoms with E-state index in [-0.39, 0.29) is 0 Å². The summed E-state index contributed by atoms with van der Waals surface area (Å²) < 4.78 is 1.93. The maximum Gasteiger partial charge on any atom is 0.0762 e. The van der Waals surface area contributed by atoms with Crippen LogP contribution in [0.3, 0.4) is 0 Å². The van der Waals surface area contributed by atoms with Gasteiger partial charge in [-0.05, 0) is 24.1 Å². The van der Waals surface area contributed by atoms with Gasteiger partial charge >= 0.3 is 0 Å². The van der Waals surface area contributed by atoms with Crippen LogP contribution in [0.2, 0.25) is 0 Å². The summed E-state index contributed by atoms with van der Waals surface area (Å²) in [6.45, 7) is 2.09. The first-order chi connectivity index (χ1) is 9.84. The van der Waals surface area contributed by atoms with Gasteiger partial charge in [0, 0.05) is 11.8 Å². The highest BCUT2D eigenvalue weighted by molar-refractivity contribution is 5.69. The van der Waals surface area contributed by atoms with Crippen LogP contribution in [0.15, 0.2) is 66.9 Å². The van der Waals surface area contributed by atoms with Crippen molar-refractivity contribution in [3.05, 3.63) is 78.0 Å². The molecule has 3 rings (SSSR count). The van der Waals surface area contributed by atoms with Crippen molar-refractivity contribution in [2.45, 2.75) is 6.92 Å². The van der Waals surface area contributed by atoms with E-state index in [2.05, 4.69) is 42.4 Å². The van der Waals surface area contributed by atoms with Crippen LogP contribution in [0.1, 0.15) is 11.1 Å². The lowest BCUT2D eigenvalue weighted by Crippen LogP contribution is -1.93. The molecule has 0 fully saturated rings. The minimum Gasteiger partial charge on any atom is -0.240 e. The van der Waals surface area contributed by atoms with Gasteiger partial charge in [0.1, 0.15) is 0 Å². The molecule has 0 saturated heterocycles. The molecular weight excluding hydrogens is 244 g/mol. The van der Waals surface area contributed by atoms with E-state index in [0.717, 1.165) is 5.69 Å². The summed E-state index contributed by atoms with van der Waals surface area (Å²) in [6, 6.07) is 20.6. The van der Waals surface area contributed by atoms with Crippen LogP contribution in [0.4, 0.5) is 0 Å². The summed E-state index contributed by atoms with van der Waals surface area (Å²) in [5, 5.41) is 4.44. The van der Waals surface area contributed by atoms with Gasteiger partial charge in [-0.2, -0.15) is 5.10 Å². The fourth-order valence-corrected chi connectivity index (χ4v) is 2.24. The van der Waals surface area contributed by atoms with Crippen molar-refractivity contribution in [3.8, 4) is 11.3 Å². The SMILES string of the molecule is Cc1cnn(/C=C/c2ccccc2)c1-c1ccccc1. The highest BCUT2D eigenvalue weighted by atomic mass is 15.3. The number of nitrogens with zero attached hydrogens (tertiary/aromatic N) is 2. The van der Waals surface area contributed by atoms with Crippen LogP contribution in [-0.4, -0.2) is 9.78 Å². The molecule has 0 bridgehead atoms. The summed E-state index contributed by atoms with van der Waals surface area (Å²) >= 11 is 0. The Morgan fingerprint density at radius 3 is 2.25 bits per heavy atom. The Morgan fingerprint density at radius 2 is 1.55 bits per heavy atom. The average molecular weight is 260 g/mol. The Hall–Kier alpha value is -2.61. The van der Waals surface area contributed by atoms with Crippen LogP contribution in [-0.2, 0) is 0 Å². The molecule has 0 aliphatic rings. The van der Waals surface area contributed by atoms with E-state index in [1.807, 2.05) is 53.5 Å². The summed E-state index contributed by atoms with van der Waals surface area (Å²) in [4.78, 5) is 0. The van der Waals surface area contributed by atoms with E-state index in [1.165, 1.54) is 16.7 Å². The molecule has 98 valence electrons. The van der Waals surface area contributed by atoms with Gasteiger partial charge < -0.3 is 0 Å². The van der Waals surface area contributed by atoms with E-state index >= 15 is 0 Å². The first-order valence-electron chi connectivity index (χ1n) is 6.67. The zero-order chi connectivity index (χ0) is 13.8. The van der Waals surface area contributed by atoms with Gasteiger partial charge in [-0.1, -0.05) is 60.7 Å². The molecule has 1 aromatic heterocycles. The zero-order valence-electron chi connectivity index (χ0n) is 11.4. The Balaban J connectivity index is 1.98. The van der Waals surface area contributed by atoms with Crippen LogP contribution in [0.25, 0.3) is 23.5 Å². The lowest BCUT2D eigenvalue weighted by Gasteiger charge is -2.04. The molecular formula is C18H16N2. The van der Waals surface area contributed by atoms with Crippen LogP contribution >= 0.6 is 0 Å². The summed E-state index contributed by atoms with van der Waals surface area (Å²) in [5.74, 6) is 0. The topological polar surface area (TPSA) is 17.8 Å². The second kappa shape index (κ2) is 5.57. The van der Waals surface area contributed by atoms with Gasteiger partial charge in [0.2, 0.25) is 0 Å². The first-order valence-corrected chi connectivity index (χ1v) is 6.67. The number of benzene rings is 2. The van der Waals surface area contributed by atoms with E-state index in [0.29, 0.717) is 0 Å². The molecule has 0 N–H and O–H groups in total. The maximum atomic E-state index is 4.44. The molecule has 0 aliphatic carbocycles. The molecule has 0 aliphatic heterocycles. The normalized spacial score (nSPS) is 11.1. The largest absolute Gasteiger partial charge is 0.240 e. The standard InChI is InChI=1S/C18H16N2/c1-15-14-19-20(13-12-16-8-4-2-5-9-16)18(15)17-10-6-3-7-11-17/h2-14H,1H3/b13-12+. The van der Waals surface area contributed by atoms with Crippen LogP contribution < -0.4 is 0 Å². The molecule has 20 heavy (non-hydrogen) atoms. The minimum atomic E-state index is 1.14. The lowest BCUT2D eigenvalue weighted by atomic mass is 10.1. The second-order valence-corrected chi connectivity index (χ2v) is 4.71. The molecule has 2 aromatic carbocycles. The monoisotopic (exact) mass is 260 g/mol. The van der Waals surface area contributed by atoms with Crippen molar-refractivity contribution in [3.63, 3.8) is 0 Å². The van der Waals surface area contributed by atoms with Crippen molar-refractivity contribution < 1.29 is 0 Å². The van der Waals surface area contributed by atoms with Gasteiger partial charge in [0.25, 0.3) is 0 Å². The molecule has 2 nitrogen and oxygen atoms in total. The number of aromatic nitrogens is 2. The molecule has 0 atom stereocenters. The summed E-state index contributed by atoms with van der Waals surface area (Å²) in [5.41, 5.74) is 4.66. The smallest absolute Gasteiger partial charge is 0.0762 e. The molecule has 2 heteroatoms. The Labute approximate surface area is 119 Å². The van der Waals surface area contributed by atoms with Gasteiger partial charge in [-0.15, -0.1) is 0 Å². The third-order valence-corrected chi connectivity index (χ3v) is 3.23. The average Bonchev–Trinajstić information content (AvgIpc) is 2.88. The predicted molar refractivity (Wildman–Crippen MR) is 84.1 cm³/mol. The second-order valence-electron chi connectivity index (χ2n) is 4.71. The van der Waals surface area contributed by atoms with Crippen molar-refractivity contribution >= 4 is 12.3 Å². The number of aryl methyl sites for hydroxylation is 1. The molecule has 3 aromatic rings. The molecule has 0 saturated carbocycles. The number of hydrogen-bond acceptors (Lipinski definition) is 1. The van der Waals surface area contributed by atoms with E-state index < -0.39 is 0 Å². The van der Waals surface area contributed by atoms with Crippen molar-refractivity contribution in [1.82, 2.24) is 9.78 Å². The highest BCUT2D eigenvalue weighted by Gasteiger charge is 2.07. The van der Waals surface area contributed by atoms with Crippen molar-refractivity contribution in [1.29, 1.82) is 0 Å². The number of rotatable bonds is 3. The first kappa shape index (κ1) is 12.4. The third-order valence-electron chi connectivity index (χ3n) is 3.23. The van der Waals surface area contributed by atoms with Crippen LogP contribution in [0, 0.1) is 6.92 Å². The molecule has 0 spiro atoms. The minimum absolute atomic E-state index is 1.14. The maximum absolute atomic E-state index is 4.44. The molecule has 0 unspecified atom stereocenters. The van der Waals surface area contributed by atoms with E-state index in [4.69, 9.17) is 0 Å². The highest BCUT2D eigenvalue weighted by Crippen LogP contribution is 2.23. The van der Waals surface area contributed by atoms with E-state index in [9.17, 15) is 0 Å². The Morgan fingerprint density at radius 1 is 0.900 bits per heavy atom. The van der Waals surface area contributed by atoms with Gasteiger partial charge in [-0.25, -0.2) is 4.68 Å². The van der Waals surface area contributed by atoms with E-state index in [1.54, 1.807) is 0 Å². The molecule has 1 heterocycles. The quantitative estimate of drug-likeness (QED) is 0.678. The summed E-state index contributed by atoms with van der Waals surface area (Å²) in [7, 11) is 0. The lowest BCUT2D eigenvalue weighted by molar-refractivity contribution is 0.945. The van der Waals surface area contributed by atoms with Gasteiger partial charge in [0.05, 0.1) is 11.9 Å². The summed E-state index contributed by atoms with van der Waals surface area (Å²) in [6.07, 6.45) is 5.97. The fraction of sp³-hybridized carbons (Fsp3) is 0.0556. The third kappa shape index (κ3) is 2.54. The van der Waals surface area contributed by atoms with Gasteiger partial charge in [-0.3, -0.25) is 0 Å². The molecule has 0 radical (unpaired) electrons. The number of hydrogen-bond donors (Lipinski definition) is 0. The zero-order valence-corrected chi connectivity index (χ0v) is 11.4. The fourth-order valence-electron chi connectivity index (χ4n) is 2.24. The Bertz CT molecular complexity index is 710. The van der Waals surface area contributed by atoms with Gasteiger partial charge in [0.15, 0.2) is 0 Å².